The SMILES string of the molecule is CC(=CCl)CN1CCCCCC1CC(C)O. The normalized spacial score (nSPS) is 26.5. The number of rotatable bonds is 4. The summed E-state index contributed by atoms with van der Waals surface area (Å²) in [4.78, 5) is 2.48. The van der Waals surface area contributed by atoms with Crippen molar-refractivity contribution in [2.24, 2.45) is 0 Å². The van der Waals surface area contributed by atoms with E-state index in [9.17, 15) is 5.11 Å². The predicted octanol–water partition coefficient (Wildman–Crippen LogP) is 3.14. The van der Waals surface area contributed by atoms with Crippen LogP contribution in [0.2, 0.25) is 0 Å². The lowest BCUT2D eigenvalue weighted by Gasteiger charge is -2.31. The Labute approximate surface area is 104 Å². The Kier molecular flexibility index (Phi) is 6.40. The first kappa shape index (κ1) is 14.0. The van der Waals surface area contributed by atoms with Crippen LogP contribution in [0.3, 0.4) is 0 Å². The zero-order valence-electron chi connectivity index (χ0n) is 10.5. The third-order valence-electron chi connectivity index (χ3n) is 3.25. The second-order valence-corrected chi connectivity index (χ2v) is 5.23. The number of aliphatic hydroxyl groups excluding tert-OH is 1. The zero-order valence-corrected chi connectivity index (χ0v) is 11.2. The summed E-state index contributed by atoms with van der Waals surface area (Å²) in [7, 11) is 0. The van der Waals surface area contributed by atoms with Gasteiger partial charge in [-0.1, -0.05) is 24.4 Å². The monoisotopic (exact) mass is 245 g/mol. The lowest BCUT2D eigenvalue weighted by atomic mass is 10.0. The molecule has 1 aliphatic rings. The first-order valence-electron chi connectivity index (χ1n) is 6.31. The van der Waals surface area contributed by atoms with E-state index >= 15 is 0 Å². The molecule has 0 spiro atoms. The average Bonchev–Trinajstić information content (AvgIpc) is 2.44. The molecule has 2 atom stereocenters. The van der Waals surface area contributed by atoms with Gasteiger partial charge in [0.05, 0.1) is 6.10 Å². The average molecular weight is 246 g/mol. The Morgan fingerprint density at radius 2 is 2.25 bits per heavy atom. The minimum atomic E-state index is -0.203. The molecule has 0 aromatic carbocycles. The summed E-state index contributed by atoms with van der Waals surface area (Å²) in [5, 5.41) is 9.54. The Balaban J connectivity index is 2.58. The second-order valence-electron chi connectivity index (χ2n) is 5.01. The van der Waals surface area contributed by atoms with E-state index in [2.05, 4.69) is 11.8 Å². The van der Waals surface area contributed by atoms with Crippen molar-refractivity contribution in [1.29, 1.82) is 0 Å². The van der Waals surface area contributed by atoms with Crippen LogP contribution in [0.1, 0.15) is 46.0 Å². The van der Waals surface area contributed by atoms with Gasteiger partial charge in [0.25, 0.3) is 0 Å². The number of halogens is 1. The van der Waals surface area contributed by atoms with E-state index in [0.717, 1.165) is 19.5 Å². The molecule has 0 aromatic rings. The van der Waals surface area contributed by atoms with E-state index in [1.54, 1.807) is 5.54 Å². The van der Waals surface area contributed by atoms with Gasteiger partial charge < -0.3 is 5.11 Å². The Morgan fingerprint density at radius 1 is 1.50 bits per heavy atom. The van der Waals surface area contributed by atoms with Gasteiger partial charge in [0.2, 0.25) is 0 Å². The van der Waals surface area contributed by atoms with Crippen molar-refractivity contribution < 1.29 is 5.11 Å². The molecule has 16 heavy (non-hydrogen) atoms. The zero-order chi connectivity index (χ0) is 12.0. The molecule has 1 saturated heterocycles. The molecule has 0 bridgehead atoms. The number of likely N-dealkylation sites (tertiary alicyclic amines) is 1. The summed E-state index contributed by atoms with van der Waals surface area (Å²) >= 11 is 5.73. The van der Waals surface area contributed by atoms with Crippen LogP contribution in [-0.4, -0.2) is 35.2 Å². The highest BCUT2D eigenvalue weighted by Crippen LogP contribution is 2.21. The summed E-state index contributed by atoms with van der Waals surface area (Å²) in [6, 6.07) is 0.522. The molecule has 1 aliphatic heterocycles. The van der Waals surface area contributed by atoms with Crippen LogP contribution in [0.15, 0.2) is 11.1 Å². The van der Waals surface area contributed by atoms with Gasteiger partial charge in [0, 0.05) is 18.1 Å². The predicted molar refractivity (Wildman–Crippen MR) is 69.7 cm³/mol. The minimum Gasteiger partial charge on any atom is -0.393 e. The molecule has 3 heteroatoms. The van der Waals surface area contributed by atoms with Crippen molar-refractivity contribution in [1.82, 2.24) is 4.90 Å². The summed E-state index contributed by atoms with van der Waals surface area (Å²) in [6.45, 7) is 6.03. The highest BCUT2D eigenvalue weighted by atomic mass is 35.5. The van der Waals surface area contributed by atoms with Crippen molar-refractivity contribution in [3.8, 4) is 0 Å². The fourth-order valence-corrected chi connectivity index (χ4v) is 2.53. The van der Waals surface area contributed by atoms with Crippen LogP contribution in [0.5, 0.6) is 0 Å². The molecule has 2 nitrogen and oxygen atoms in total. The molecule has 2 unspecified atom stereocenters. The fraction of sp³-hybridized carbons (Fsp3) is 0.846. The van der Waals surface area contributed by atoms with Gasteiger partial charge in [-0.2, -0.15) is 0 Å². The van der Waals surface area contributed by atoms with Crippen molar-refractivity contribution in [3.63, 3.8) is 0 Å². The fourth-order valence-electron chi connectivity index (χ4n) is 2.46. The van der Waals surface area contributed by atoms with Crippen LogP contribution in [0.4, 0.5) is 0 Å². The summed E-state index contributed by atoms with van der Waals surface area (Å²) < 4.78 is 0. The molecule has 1 N–H and O–H groups in total. The molecule has 0 aromatic heterocycles. The molecule has 1 fully saturated rings. The van der Waals surface area contributed by atoms with E-state index < -0.39 is 0 Å². The number of hydrogen-bond acceptors (Lipinski definition) is 2. The van der Waals surface area contributed by atoms with Gasteiger partial charge in [-0.15, -0.1) is 0 Å². The molecule has 1 heterocycles. The van der Waals surface area contributed by atoms with Crippen LogP contribution in [-0.2, 0) is 0 Å². The quantitative estimate of drug-likeness (QED) is 0.823. The van der Waals surface area contributed by atoms with E-state index in [4.69, 9.17) is 11.6 Å². The smallest absolute Gasteiger partial charge is 0.0527 e. The van der Waals surface area contributed by atoms with E-state index in [1.165, 1.54) is 31.3 Å². The van der Waals surface area contributed by atoms with Crippen LogP contribution >= 0.6 is 11.6 Å². The largest absolute Gasteiger partial charge is 0.393 e. The molecule has 1 rings (SSSR count). The van der Waals surface area contributed by atoms with Gasteiger partial charge in [-0.25, -0.2) is 0 Å². The second kappa shape index (κ2) is 7.31. The maximum absolute atomic E-state index is 9.54. The third-order valence-corrected chi connectivity index (χ3v) is 3.62. The first-order chi connectivity index (χ1) is 7.63. The number of hydrogen-bond donors (Lipinski definition) is 1. The molecule has 0 saturated carbocycles. The number of aliphatic hydroxyl groups is 1. The highest BCUT2D eigenvalue weighted by molar-refractivity contribution is 6.25. The van der Waals surface area contributed by atoms with Gasteiger partial charge in [-0.3, -0.25) is 4.90 Å². The summed E-state index contributed by atoms with van der Waals surface area (Å²) in [5.41, 5.74) is 2.88. The minimum absolute atomic E-state index is 0.203. The van der Waals surface area contributed by atoms with Crippen molar-refractivity contribution in [2.75, 3.05) is 13.1 Å². The van der Waals surface area contributed by atoms with E-state index in [-0.39, 0.29) is 6.10 Å². The molecule has 0 radical (unpaired) electrons. The molecular formula is C13H24ClNO. The summed E-state index contributed by atoms with van der Waals surface area (Å²) in [5.74, 6) is 0. The summed E-state index contributed by atoms with van der Waals surface area (Å²) in [6.07, 6.45) is 5.77. The van der Waals surface area contributed by atoms with E-state index in [1.807, 2.05) is 6.92 Å². The van der Waals surface area contributed by atoms with Gasteiger partial charge >= 0.3 is 0 Å². The Hall–Kier alpha value is -0.0500. The van der Waals surface area contributed by atoms with Crippen LogP contribution in [0, 0.1) is 0 Å². The van der Waals surface area contributed by atoms with Crippen LogP contribution < -0.4 is 0 Å². The van der Waals surface area contributed by atoms with Crippen molar-refractivity contribution in [3.05, 3.63) is 11.1 Å². The lowest BCUT2D eigenvalue weighted by molar-refractivity contribution is 0.118. The van der Waals surface area contributed by atoms with Gasteiger partial charge in [-0.05, 0) is 45.2 Å². The molecule has 0 amide bonds. The van der Waals surface area contributed by atoms with Crippen molar-refractivity contribution in [2.45, 2.75) is 58.1 Å². The lowest BCUT2D eigenvalue weighted by Crippen LogP contribution is -2.38. The topological polar surface area (TPSA) is 23.5 Å². The highest BCUT2D eigenvalue weighted by Gasteiger charge is 2.22. The van der Waals surface area contributed by atoms with Gasteiger partial charge in [0.15, 0.2) is 0 Å². The maximum atomic E-state index is 9.54. The Morgan fingerprint density at radius 3 is 2.88 bits per heavy atom. The first-order valence-corrected chi connectivity index (χ1v) is 6.75. The van der Waals surface area contributed by atoms with Crippen LogP contribution in [0.25, 0.3) is 0 Å². The third kappa shape index (κ3) is 4.86. The maximum Gasteiger partial charge on any atom is 0.0527 e. The van der Waals surface area contributed by atoms with E-state index in [0.29, 0.717) is 6.04 Å². The van der Waals surface area contributed by atoms with Gasteiger partial charge in [0.1, 0.15) is 0 Å². The number of nitrogens with zero attached hydrogens (tertiary/aromatic N) is 1. The molecular weight excluding hydrogens is 222 g/mol. The molecule has 0 aliphatic carbocycles. The Bertz CT molecular complexity index is 228. The standard InChI is InChI=1S/C13H24ClNO/c1-11(9-14)10-15-7-5-3-4-6-13(15)8-12(2)16/h9,12-13,16H,3-8,10H2,1-2H3. The molecule has 94 valence electrons. The van der Waals surface area contributed by atoms with Crippen molar-refractivity contribution >= 4 is 11.6 Å².